The third kappa shape index (κ3) is 4.96. The zero-order chi connectivity index (χ0) is 24.1. The lowest BCUT2D eigenvalue weighted by molar-refractivity contribution is -0.135. The molecule has 0 aliphatic carbocycles. The Balaban J connectivity index is 0.000000186. The second kappa shape index (κ2) is 9.61. The number of hydrogen-bond donors (Lipinski definition) is 3. The molecule has 4 aromatic rings. The standard InChI is InChI=1S/C13H10O4.C12H8O4/c1-17-13(16)12(15)10-4-2-3-8-5-6-9(14)7-11(8)10;13-8-5-4-7-2-1-3-9(10(7)6-8)11(14)12(15)16/h2-7,14H,1H3;1-6,13H,(H,15,16). The minimum atomic E-state index is -1.50. The van der Waals surface area contributed by atoms with Gasteiger partial charge in [-0.1, -0.05) is 48.5 Å². The van der Waals surface area contributed by atoms with Crippen molar-refractivity contribution in [1.82, 2.24) is 0 Å². The van der Waals surface area contributed by atoms with Crippen LogP contribution in [0.4, 0.5) is 0 Å². The van der Waals surface area contributed by atoms with Gasteiger partial charge in [-0.15, -0.1) is 0 Å². The number of phenols is 2. The van der Waals surface area contributed by atoms with E-state index in [9.17, 15) is 29.4 Å². The van der Waals surface area contributed by atoms with E-state index in [-0.39, 0.29) is 22.6 Å². The van der Waals surface area contributed by atoms with Crippen molar-refractivity contribution in [2.24, 2.45) is 0 Å². The number of ether oxygens (including phenoxy) is 1. The number of esters is 1. The van der Waals surface area contributed by atoms with E-state index in [1.54, 1.807) is 36.4 Å². The van der Waals surface area contributed by atoms with Gasteiger partial charge in [0, 0.05) is 11.1 Å². The molecule has 0 atom stereocenters. The van der Waals surface area contributed by atoms with E-state index >= 15 is 0 Å². The Hall–Kier alpha value is -4.72. The summed E-state index contributed by atoms with van der Waals surface area (Å²) in [5.41, 5.74) is 0.311. The first-order chi connectivity index (χ1) is 15.7. The maximum Gasteiger partial charge on any atom is 0.379 e. The molecule has 8 nitrogen and oxygen atoms in total. The largest absolute Gasteiger partial charge is 0.508 e. The van der Waals surface area contributed by atoms with Crippen LogP contribution in [0.5, 0.6) is 11.5 Å². The minimum Gasteiger partial charge on any atom is -0.508 e. The van der Waals surface area contributed by atoms with Gasteiger partial charge < -0.3 is 20.1 Å². The normalized spacial score (nSPS) is 10.2. The zero-order valence-corrected chi connectivity index (χ0v) is 17.3. The average Bonchev–Trinajstić information content (AvgIpc) is 2.82. The van der Waals surface area contributed by atoms with Crippen LogP contribution >= 0.6 is 0 Å². The SMILES string of the molecule is COC(=O)C(=O)c1cccc2ccc(O)cc12.O=C(O)C(=O)c1cccc2ccc(O)cc12. The molecular weight excluding hydrogens is 428 g/mol. The first kappa shape index (κ1) is 23.0. The first-order valence-corrected chi connectivity index (χ1v) is 9.56. The number of carbonyl (C=O) groups excluding carboxylic acids is 3. The topological polar surface area (TPSA) is 138 Å². The number of methoxy groups -OCH3 is 1. The molecular formula is C25H18O8. The second-order valence-electron chi connectivity index (χ2n) is 6.88. The molecule has 0 amide bonds. The zero-order valence-electron chi connectivity index (χ0n) is 17.3. The third-order valence-corrected chi connectivity index (χ3v) is 4.79. The maximum atomic E-state index is 11.7. The molecule has 33 heavy (non-hydrogen) atoms. The lowest BCUT2D eigenvalue weighted by Gasteiger charge is -2.04. The Kier molecular flexibility index (Phi) is 6.68. The van der Waals surface area contributed by atoms with Gasteiger partial charge in [0.05, 0.1) is 7.11 Å². The smallest absolute Gasteiger partial charge is 0.379 e. The number of rotatable bonds is 4. The van der Waals surface area contributed by atoms with Crippen LogP contribution in [-0.2, 0) is 14.3 Å². The van der Waals surface area contributed by atoms with Crippen LogP contribution in [0.3, 0.4) is 0 Å². The molecule has 0 unspecified atom stereocenters. The average molecular weight is 446 g/mol. The van der Waals surface area contributed by atoms with E-state index in [1.807, 2.05) is 0 Å². The number of aliphatic carboxylic acids is 1. The number of aromatic hydroxyl groups is 2. The quantitative estimate of drug-likeness (QED) is 0.245. The highest BCUT2D eigenvalue weighted by molar-refractivity contribution is 6.43. The lowest BCUT2D eigenvalue weighted by Crippen LogP contribution is -2.15. The Bertz CT molecular complexity index is 1400. The highest BCUT2D eigenvalue weighted by atomic mass is 16.5. The molecule has 4 aromatic carbocycles. The molecule has 0 aliphatic rings. The number of Topliss-reactive ketones (excluding diaryl/α,β-unsaturated/α-hetero) is 2. The van der Waals surface area contributed by atoms with Gasteiger partial charge in [0.25, 0.3) is 11.6 Å². The summed E-state index contributed by atoms with van der Waals surface area (Å²) in [6, 6.07) is 18.9. The van der Waals surface area contributed by atoms with Gasteiger partial charge in [-0.2, -0.15) is 0 Å². The Morgan fingerprint density at radius 1 is 0.667 bits per heavy atom. The summed E-state index contributed by atoms with van der Waals surface area (Å²) in [5, 5.41) is 29.8. The van der Waals surface area contributed by atoms with Crippen LogP contribution in [0, 0.1) is 0 Å². The van der Waals surface area contributed by atoms with Gasteiger partial charge in [0.1, 0.15) is 11.5 Å². The number of carbonyl (C=O) groups is 4. The van der Waals surface area contributed by atoms with Crippen LogP contribution in [0.15, 0.2) is 72.8 Å². The minimum absolute atomic E-state index is 0.00172. The predicted octanol–water partition coefficient (Wildman–Crippen LogP) is 3.71. The Labute approximate surface area is 187 Å². The molecule has 0 saturated carbocycles. The molecule has 0 saturated heterocycles. The molecule has 0 bridgehead atoms. The summed E-state index contributed by atoms with van der Waals surface area (Å²) in [6.07, 6.45) is 0. The van der Waals surface area contributed by atoms with E-state index in [0.29, 0.717) is 16.2 Å². The Morgan fingerprint density at radius 3 is 1.55 bits per heavy atom. The fraction of sp³-hybridized carbons (Fsp3) is 0.0400. The van der Waals surface area contributed by atoms with Crippen molar-refractivity contribution in [1.29, 1.82) is 0 Å². The van der Waals surface area contributed by atoms with E-state index in [0.717, 1.165) is 12.5 Å². The van der Waals surface area contributed by atoms with Gasteiger partial charge in [-0.3, -0.25) is 9.59 Å². The van der Waals surface area contributed by atoms with E-state index in [2.05, 4.69) is 4.74 Å². The molecule has 0 spiro atoms. The van der Waals surface area contributed by atoms with E-state index in [1.165, 1.54) is 36.4 Å². The van der Waals surface area contributed by atoms with Crippen molar-refractivity contribution in [3.05, 3.63) is 83.9 Å². The van der Waals surface area contributed by atoms with Gasteiger partial charge in [-0.05, 0) is 45.8 Å². The molecule has 0 fully saturated rings. The van der Waals surface area contributed by atoms with Gasteiger partial charge in [0.2, 0.25) is 0 Å². The van der Waals surface area contributed by atoms with Crippen molar-refractivity contribution >= 4 is 45.0 Å². The van der Waals surface area contributed by atoms with Gasteiger partial charge >= 0.3 is 11.9 Å². The molecule has 0 heterocycles. The van der Waals surface area contributed by atoms with Crippen LogP contribution < -0.4 is 0 Å². The van der Waals surface area contributed by atoms with Crippen LogP contribution in [0.1, 0.15) is 20.7 Å². The molecule has 0 radical (unpaired) electrons. The number of carboxylic acid groups (broad SMARTS) is 1. The summed E-state index contributed by atoms with van der Waals surface area (Å²) < 4.78 is 4.39. The number of benzene rings is 4. The number of ketones is 2. The summed E-state index contributed by atoms with van der Waals surface area (Å²) in [6.45, 7) is 0. The van der Waals surface area contributed by atoms with E-state index in [4.69, 9.17) is 5.11 Å². The van der Waals surface area contributed by atoms with Crippen molar-refractivity contribution in [3.8, 4) is 11.5 Å². The van der Waals surface area contributed by atoms with Crippen LogP contribution in [0.2, 0.25) is 0 Å². The fourth-order valence-corrected chi connectivity index (χ4v) is 3.24. The highest BCUT2D eigenvalue weighted by Gasteiger charge is 2.19. The lowest BCUT2D eigenvalue weighted by atomic mass is 10.0. The predicted molar refractivity (Wildman–Crippen MR) is 120 cm³/mol. The molecule has 0 aliphatic heterocycles. The van der Waals surface area contributed by atoms with Crippen molar-refractivity contribution in [3.63, 3.8) is 0 Å². The summed E-state index contributed by atoms with van der Waals surface area (Å²) in [7, 11) is 1.16. The fourth-order valence-electron chi connectivity index (χ4n) is 3.24. The van der Waals surface area contributed by atoms with Crippen LogP contribution in [-0.4, -0.2) is 45.9 Å². The molecule has 166 valence electrons. The maximum absolute atomic E-state index is 11.7. The number of fused-ring (bicyclic) bond motifs is 2. The van der Waals surface area contributed by atoms with Gasteiger partial charge in [0.15, 0.2) is 0 Å². The first-order valence-electron chi connectivity index (χ1n) is 9.56. The number of hydrogen-bond acceptors (Lipinski definition) is 7. The van der Waals surface area contributed by atoms with Crippen LogP contribution in [0.25, 0.3) is 21.5 Å². The van der Waals surface area contributed by atoms with Gasteiger partial charge in [-0.25, -0.2) is 9.59 Å². The Morgan fingerprint density at radius 2 is 1.12 bits per heavy atom. The number of phenolic OH excluding ortho intramolecular Hbond substituents is 2. The molecule has 3 N–H and O–H groups in total. The molecule has 8 heteroatoms. The van der Waals surface area contributed by atoms with Crippen molar-refractivity contribution in [2.45, 2.75) is 0 Å². The van der Waals surface area contributed by atoms with Crippen molar-refractivity contribution < 1.29 is 39.2 Å². The molecule has 0 aromatic heterocycles. The van der Waals surface area contributed by atoms with Crippen molar-refractivity contribution in [2.75, 3.05) is 7.11 Å². The second-order valence-corrected chi connectivity index (χ2v) is 6.88. The number of carboxylic acids is 1. The summed E-state index contributed by atoms with van der Waals surface area (Å²) >= 11 is 0. The monoisotopic (exact) mass is 446 g/mol. The summed E-state index contributed by atoms with van der Waals surface area (Å²) in [4.78, 5) is 45.0. The highest BCUT2D eigenvalue weighted by Crippen LogP contribution is 2.25. The molecule has 4 rings (SSSR count). The third-order valence-electron chi connectivity index (χ3n) is 4.79. The summed E-state index contributed by atoms with van der Waals surface area (Å²) in [5.74, 6) is -4.07. The van der Waals surface area contributed by atoms with E-state index < -0.39 is 23.5 Å².